The number of aryl methyl sites for hydroxylation is 2. The lowest BCUT2D eigenvalue weighted by Gasteiger charge is -2.31. The van der Waals surface area contributed by atoms with Crippen molar-refractivity contribution in [2.45, 2.75) is 19.4 Å². The molecule has 1 atom stereocenters. The summed E-state index contributed by atoms with van der Waals surface area (Å²) in [7, 11) is 3.21. The summed E-state index contributed by atoms with van der Waals surface area (Å²) in [5.41, 5.74) is 2.39. The van der Waals surface area contributed by atoms with E-state index in [1.165, 1.54) is 0 Å². The van der Waals surface area contributed by atoms with Crippen molar-refractivity contribution in [1.29, 1.82) is 0 Å². The van der Waals surface area contributed by atoms with E-state index in [0.717, 1.165) is 22.3 Å². The van der Waals surface area contributed by atoms with Crippen LogP contribution >= 0.6 is 0 Å². The Balaban J connectivity index is 2.69. The average Bonchev–Trinajstić information content (AvgIpc) is 2.47. The second-order valence-electron chi connectivity index (χ2n) is 5.32. The molecule has 0 amide bonds. The van der Waals surface area contributed by atoms with Gasteiger partial charge in [-0.2, -0.15) is 0 Å². The first-order valence-electron chi connectivity index (χ1n) is 6.95. The molecule has 3 nitrogen and oxygen atoms in total. The minimum atomic E-state index is -1.24. The van der Waals surface area contributed by atoms with Gasteiger partial charge in [-0.15, -0.1) is 0 Å². The molecular weight excluding hydrogens is 264 g/mol. The maximum atomic E-state index is 11.3. The first kappa shape index (κ1) is 15.5. The van der Waals surface area contributed by atoms with Crippen molar-refractivity contribution < 1.29 is 14.6 Å². The molecule has 0 aliphatic heterocycles. The molecule has 0 radical (unpaired) electrons. The number of hydrogen-bond donors (Lipinski definition) is 1. The molecule has 1 unspecified atom stereocenters. The Hall–Kier alpha value is -1.84. The summed E-state index contributed by atoms with van der Waals surface area (Å²) in [6.45, 7) is 4.16. The highest BCUT2D eigenvalue weighted by molar-refractivity contribution is 5.51. The topological polar surface area (TPSA) is 38.7 Å². The number of hydrogen-bond acceptors (Lipinski definition) is 3. The quantitative estimate of drug-likeness (QED) is 0.917. The molecular formula is C18H22O3. The molecule has 2 aromatic rings. The average molecular weight is 286 g/mol. The summed E-state index contributed by atoms with van der Waals surface area (Å²) in [5, 5.41) is 11.3. The van der Waals surface area contributed by atoms with Crippen molar-refractivity contribution >= 4 is 0 Å². The van der Waals surface area contributed by atoms with Gasteiger partial charge in [-0.25, -0.2) is 0 Å². The first-order valence-corrected chi connectivity index (χ1v) is 6.95. The highest BCUT2D eigenvalue weighted by atomic mass is 16.5. The van der Waals surface area contributed by atoms with Crippen LogP contribution in [0.15, 0.2) is 42.5 Å². The van der Waals surface area contributed by atoms with E-state index < -0.39 is 5.60 Å². The summed E-state index contributed by atoms with van der Waals surface area (Å²) in [4.78, 5) is 0. The standard InChI is InChI=1S/C18H22O3/c1-13-10-14(2)17(16(11-13)21-4)18(19,12-20-3)15-8-6-5-7-9-15/h5-11,19H,12H2,1-4H3. The van der Waals surface area contributed by atoms with Crippen LogP contribution in [0.5, 0.6) is 5.75 Å². The fraction of sp³-hybridized carbons (Fsp3) is 0.333. The smallest absolute Gasteiger partial charge is 0.142 e. The molecule has 0 bridgehead atoms. The summed E-state index contributed by atoms with van der Waals surface area (Å²) >= 11 is 0. The molecule has 112 valence electrons. The van der Waals surface area contributed by atoms with Gasteiger partial charge in [-0.1, -0.05) is 36.4 Å². The van der Waals surface area contributed by atoms with Crippen molar-refractivity contribution in [2.24, 2.45) is 0 Å². The highest BCUT2D eigenvalue weighted by Crippen LogP contribution is 2.38. The number of methoxy groups -OCH3 is 2. The van der Waals surface area contributed by atoms with Crippen molar-refractivity contribution in [3.05, 3.63) is 64.7 Å². The molecule has 21 heavy (non-hydrogen) atoms. The van der Waals surface area contributed by atoms with Crippen LogP contribution in [-0.4, -0.2) is 25.9 Å². The van der Waals surface area contributed by atoms with Gasteiger partial charge in [0.1, 0.15) is 11.4 Å². The fourth-order valence-electron chi connectivity index (χ4n) is 2.84. The second-order valence-corrected chi connectivity index (χ2v) is 5.32. The lowest BCUT2D eigenvalue weighted by atomic mass is 9.83. The number of rotatable bonds is 5. The highest BCUT2D eigenvalue weighted by Gasteiger charge is 2.36. The molecule has 0 spiro atoms. The minimum Gasteiger partial charge on any atom is -0.496 e. The van der Waals surface area contributed by atoms with E-state index in [-0.39, 0.29) is 6.61 Å². The summed E-state index contributed by atoms with van der Waals surface area (Å²) in [6, 6.07) is 13.5. The van der Waals surface area contributed by atoms with Gasteiger partial charge in [0, 0.05) is 12.7 Å². The Kier molecular flexibility index (Phi) is 4.66. The van der Waals surface area contributed by atoms with Gasteiger partial charge in [0.05, 0.1) is 13.7 Å². The van der Waals surface area contributed by atoms with Gasteiger partial charge >= 0.3 is 0 Å². The largest absolute Gasteiger partial charge is 0.496 e. The number of ether oxygens (including phenoxy) is 2. The molecule has 1 N–H and O–H groups in total. The Morgan fingerprint density at radius 2 is 1.71 bits per heavy atom. The van der Waals surface area contributed by atoms with Gasteiger partial charge in [0.25, 0.3) is 0 Å². The summed E-state index contributed by atoms with van der Waals surface area (Å²) in [6.07, 6.45) is 0. The van der Waals surface area contributed by atoms with Crippen molar-refractivity contribution in [3.8, 4) is 5.75 Å². The minimum absolute atomic E-state index is 0.164. The van der Waals surface area contributed by atoms with Gasteiger partial charge in [-0.05, 0) is 36.6 Å². The monoisotopic (exact) mass is 286 g/mol. The van der Waals surface area contributed by atoms with Crippen LogP contribution in [0.25, 0.3) is 0 Å². The molecule has 0 aliphatic rings. The van der Waals surface area contributed by atoms with E-state index in [2.05, 4.69) is 0 Å². The lowest BCUT2D eigenvalue weighted by molar-refractivity contribution is -0.00523. The van der Waals surface area contributed by atoms with E-state index in [4.69, 9.17) is 9.47 Å². The van der Waals surface area contributed by atoms with Crippen LogP contribution in [0.2, 0.25) is 0 Å². The zero-order chi connectivity index (χ0) is 15.5. The van der Waals surface area contributed by atoms with Crippen molar-refractivity contribution in [3.63, 3.8) is 0 Å². The third-order valence-electron chi connectivity index (χ3n) is 3.68. The van der Waals surface area contributed by atoms with Crippen LogP contribution in [0.3, 0.4) is 0 Å². The Bertz CT molecular complexity index is 607. The predicted molar refractivity (Wildman–Crippen MR) is 83.8 cm³/mol. The van der Waals surface area contributed by atoms with Crippen molar-refractivity contribution in [2.75, 3.05) is 20.8 Å². The van der Waals surface area contributed by atoms with E-state index >= 15 is 0 Å². The van der Waals surface area contributed by atoms with Crippen LogP contribution < -0.4 is 4.74 Å². The van der Waals surface area contributed by atoms with E-state index in [1.807, 2.05) is 56.3 Å². The van der Waals surface area contributed by atoms with Crippen LogP contribution in [0, 0.1) is 13.8 Å². The summed E-state index contributed by atoms with van der Waals surface area (Å²) < 4.78 is 10.8. The normalized spacial score (nSPS) is 13.8. The molecule has 0 fully saturated rings. The molecule has 0 aromatic heterocycles. The van der Waals surface area contributed by atoms with E-state index in [1.54, 1.807) is 14.2 Å². The van der Waals surface area contributed by atoms with E-state index in [0.29, 0.717) is 5.75 Å². The van der Waals surface area contributed by atoms with Gasteiger partial charge in [0.2, 0.25) is 0 Å². The maximum Gasteiger partial charge on any atom is 0.142 e. The Labute approximate surface area is 126 Å². The lowest BCUT2D eigenvalue weighted by Crippen LogP contribution is -2.34. The first-order chi connectivity index (χ1) is 10.0. The number of aliphatic hydroxyl groups is 1. The molecule has 0 heterocycles. The zero-order valence-electron chi connectivity index (χ0n) is 13.0. The predicted octanol–water partition coefficient (Wildman–Crippen LogP) is 3.19. The maximum absolute atomic E-state index is 11.3. The van der Waals surface area contributed by atoms with E-state index in [9.17, 15) is 5.11 Å². The Morgan fingerprint density at radius 3 is 2.29 bits per heavy atom. The zero-order valence-corrected chi connectivity index (χ0v) is 13.0. The third-order valence-corrected chi connectivity index (χ3v) is 3.68. The summed E-state index contributed by atoms with van der Waals surface area (Å²) in [5.74, 6) is 0.677. The number of benzene rings is 2. The van der Waals surface area contributed by atoms with Crippen LogP contribution in [-0.2, 0) is 10.3 Å². The van der Waals surface area contributed by atoms with Crippen molar-refractivity contribution in [1.82, 2.24) is 0 Å². The van der Waals surface area contributed by atoms with Gasteiger partial charge < -0.3 is 14.6 Å². The molecule has 2 aromatic carbocycles. The molecule has 0 aliphatic carbocycles. The van der Waals surface area contributed by atoms with Crippen LogP contribution in [0.1, 0.15) is 22.3 Å². The second kappa shape index (κ2) is 6.29. The molecule has 2 rings (SSSR count). The molecule has 0 saturated carbocycles. The van der Waals surface area contributed by atoms with Crippen LogP contribution in [0.4, 0.5) is 0 Å². The molecule has 3 heteroatoms. The van der Waals surface area contributed by atoms with Gasteiger partial charge in [0.15, 0.2) is 0 Å². The van der Waals surface area contributed by atoms with Gasteiger partial charge in [-0.3, -0.25) is 0 Å². The fourth-order valence-corrected chi connectivity index (χ4v) is 2.84. The molecule has 0 saturated heterocycles. The third kappa shape index (κ3) is 2.94. The SMILES string of the molecule is COCC(O)(c1ccccc1)c1c(C)cc(C)cc1OC. The Morgan fingerprint density at radius 1 is 1.05 bits per heavy atom.